The van der Waals surface area contributed by atoms with E-state index in [0.717, 1.165) is 46.1 Å². The summed E-state index contributed by atoms with van der Waals surface area (Å²) in [6.45, 7) is 4.02. The molecule has 1 unspecified atom stereocenters. The van der Waals surface area contributed by atoms with Crippen LogP contribution < -0.4 is 15.4 Å². The molecule has 0 saturated carbocycles. The fourth-order valence-electron chi connectivity index (χ4n) is 2.37. The lowest BCUT2D eigenvalue weighted by molar-refractivity contribution is -0.122. The van der Waals surface area contributed by atoms with Crippen molar-refractivity contribution in [3.8, 4) is 5.75 Å². The van der Waals surface area contributed by atoms with E-state index in [0.29, 0.717) is 13.2 Å². The Morgan fingerprint density at radius 1 is 1.33 bits per heavy atom. The maximum absolute atomic E-state index is 11.9. The molecular weight excluding hydrogens is 400 g/mol. The molecule has 0 bridgehead atoms. The molecule has 1 saturated heterocycles. The molecule has 1 fully saturated rings. The molecule has 2 N–H and O–H groups in total. The van der Waals surface area contributed by atoms with E-state index in [1.54, 1.807) is 0 Å². The monoisotopic (exact) mass is 418 g/mol. The number of amides is 1. The van der Waals surface area contributed by atoms with Gasteiger partial charge in [0.1, 0.15) is 5.75 Å². The molecule has 1 heterocycles. The zero-order valence-electron chi connectivity index (χ0n) is 12.0. The Hall–Kier alpha value is -0.590. The Kier molecular flexibility index (Phi) is 6.51. The first-order chi connectivity index (χ1) is 10.1. The molecule has 0 aromatic heterocycles. The molecule has 0 spiro atoms. The molecule has 4 nitrogen and oxygen atoms in total. The number of ether oxygens (including phenoxy) is 1. The third-order valence-corrected chi connectivity index (χ3v) is 4.61. The normalized spacial score (nSPS) is 19.0. The smallest absolute Gasteiger partial charge is 0.237 e. The number of halogens is 2. The van der Waals surface area contributed by atoms with Gasteiger partial charge in [-0.2, -0.15) is 0 Å². The SMILES string of the molecule is CCOc1c(Br)cc(CNC2CCCCNC2=O)cc1Br. The highest BCUT2D eigenvalue weighted by atomic mass is 79.9. The molecule has 0 aliphatic carbocycles. The number of carbonyl (C=O) groups is 1. The largest absolute Gasteiger partial charge is 0.492 e. The maximum Gasteiger partial charge on any atom is 0.237 e. The average Bonchev–Trinajstić information content (AvgIpc) is 2.65. The number of nitrogens with one attached hydrogen (secondary N) is 2. The lowest BCUT2D eigenvalue weighted by Gasteiger charge is -2.16. The van der Waals surface area contributed by atoms with Crippen LogP contribution in [0.5, 0.6) is 5.75 Å². The van der Waals surface area contributed by atoms with Crippen molar-refractivity contribution in [2.24, 2.45) is 0 Å². The van der Waals surface area contributed by atoms with Crippen molar-refractivity contribution in [1.82, 2.24) is 10.6 Å². The van der Waals surface area contributed by atoms with Crippen LogP contribution in [0.1, 0.15) is 31.7 Å². The molecule has 116 valence electrons. The first-order valence-electron chi connectivity index (χ1n) is 7.23. The predicted octanol–water partition coefficient (Wildman–Crippen LogP) is 3.37. The van der Waals surface area contributed by atoms with Gasteiger partial charge < -0.3 is 15.4 Å². The van der Waals surface area contributed by atoms with Gasteiger partial charge in [0.2, 0.25) is 5.91 Å². The van der Waals surface area contributed by atoms with Crippen LogP contribution in [0.25, 0.3) is 0 Å². The van der Waals surface area contributed by atoms with E-state index in [1.165, 1.54) is 0 Å². The minimum absolute atomic E-state index is 0.100. The van der Waals surface area contributed by atoms with Crippen LogP contribution in [0.4, 0.5) is 0 Å². The van der Waals surface area contributed by atoms with E-state index in [1.807, 2.05) is 19.1 Å². The molecule has 2 rings (SSSR count). The van der Waals surface area contributed by atoms with Crippen molar-refractivity contribution in [3.05, 3.63) is 26.6 Å². The van der Waals surface area contributed by atoms with Gasteiger partial charge in [-0.1, -0.05) is 0 Å². The second-order valence-electron chi connectivity index (χ2n) is 5.04. The van der Waals surface area contributed by atoms with Gasteiger partial charge >= 0.3 is 0 Å². The van der Waals surface area contributed by atoms with Gasteiger partial charge in [0, 0.05) is 13.1 Å². The second-order valence-corrected chi connectivity index (χ2v) is 6.75. The highest BCUT2D eigenvalue weighted by Crippen LogP contribution is 2.34. The zero-order chi connectivity index (χ0) is 15.2. The first kappa shape index (κ1) is 16.8. The molecule has 1 aliphatic rings. The van der Waals surface area contributed by atoms with Gasteiger partial charge in [-0.15, -0.1) is 0 Å². The van der Waals surface area contributed by atoms with E-state index in [2.05, 4.69) is 42.5 Å². The molecule has 1 amide bonds. The minimum Gasteiger partial charge on any atom is -0.492 e. The first-order valence-corrected chi connectivity index (χ1v) is 8.82. The van der Waals surface area contributed by atoms with E-state index in [9.17, 15) is 4.79 Å². The van der Waals surface area contributed by atoms with Crippen LogP contribution in [0, 0.1) is 0 Å². The van der Waals surface area contributed by atoms with Crippen molar-refractivity contribution < 1.29 is 9.53 Å². The van der Waals surface area contributed by atoms with Crippen LogP contribution in [-0.2, 0) is 11.3 Å². The standard InChI is InChI=1S/C15H20Br2N2O2/c1-2-21-14-11(16)7-10(8-12(14)17)9-19-13-5-3-4-6-18-15(13)20/h7-8,13,19H,2-6,9H2,1H3,(H,18,20). The van der Waals surface area contributed by atoms with Gasteiger partial charge in [0.05, 0.1) is 21.6 Å². The Balaban J connectivity index is 2.01. The summed E-state index contributed by atoms with van der Waals surface area (Å²) in [5.41, 5.74) is 1.11. The molecule has 1 atom stereocenters. The predicted molar refractivity (Wildman–Crippen MR) is 90.5 cm³/mol. The Bertz CT molecular complexity index is 485. The molecule has 0 radical (unpaired) electrons. The van der Waals surface area contributed by atoms with Crippen LogP contribution in [0.2, 0.25) is 0 Å². The van der Waals surface area contributed by atoms with Crippen LogP contribution in [-0.4, -0.2) is 25.1 Å². The van der Waals surface area contributed by atoms with Crippen LogP contribution in [0.3, 0.4) is 0 Å². The molecule has 6 heteroatoms. The number of hydrogen-bond acceptors (Lipinski definition) is 3. The lowest BCUT2D eigenvalue weighted by Crippen LogP contribution is -2.42. The summed E-state index contributed by atoms with van der Waals surface area (Å²) in [5, 5.41) is 6.28. The van der Waals surface area contributed by atoms with Crippen molar-refractivity contribution in [2.75, 3.05) is 13.2 Å². The molecular formula is C15H20Br2N2O2. The lowest BCUT2D eigenvalue weighted by atomic mass is 10.1. The Morgan fingerprint density at radius 2 is 2.05 bits per heavy atom. The van der Waals surface area contributed by atoms with Crippen LogP contribution in [0.15, 0.2) is 21.1 Å². The quantitative estimate of drug-likeness (QED) is 0.769. The van der Waals surface area contributed by atoms with E-state index >= 15 is 0 Å². The summed E-state index contributed by atoms with van der Waals surface area (Å²) in [7, 11) is 0. The zero-order valence-corrected chi connectivity index (χ0v) is 15.2. The topological polar surface area (TPSA) is 50.4 Å². The minimum atomic E-state index is -0.100. The maximum atomic E-state index is 11.9. The fourth-order valence-corrected chi connectivity index (χ4v) is 3.88. The fraction of sp³-hybridized carbons (Fsp3) is 0.533. The van der Waals surface area contributed by atoms with E-state index in [-0.39, 0.29) is 11.9 Å². The van der Waals surface area contributed by atoms with Crippen LogP contribution >= 0.6 is 31.9 Å². The Morgan fingerprint density at radius 3 is 2.71 bits per heavy atom. The van der Waals surface area contributed by atoms with Gasteiger partial charge in [-0.3, -0.25) is 4.79 Å². The van der Waals surface area contributed by atoms with Gasteiger partial charge in [-0.25, -0.2) is 0 Å². The number of carbonyl (C=O) groups excluding carboxylic acids is 1. The van der Waals surface area contributed by atoms with Crippen molar-refractivity contribution in [3.63, 3.8) is 0 Å². The van der Waals surface area contributed by atoms with Crippen molar-refractivity contribution >= 4 is 37.8 Å². The highest BCUT2D eigenvalue weighted by Gasteiger charge is 2.20. The number of rotatable bonds is 5. The summed E-state index contributed by atoms with van der Waals surface area (Å²) >= 11 is 7.05. The molecule has 1 aliphatic heterocycles. The second kappa shape index (κ2) is 8.15. The van der Waals surface area contributed by atoms with E-state index < -0.39 is 0 Å². The average molecular weight is 420 g/mol. The van der Waals surface area contributed by atoms with Crippen molar-refractivity contribution in [2.45, 2.75) is 38.8 Å². The summed E-state index contributed by atoms with van der Waals surface area (Å²) < 4.78 is 7.41. The molecule has 1 aromatic carbocycles. The number of hydrogen-bond donors (Lipinski definition) is 2. The Labute approximate surface area is 142 Å². The third kappa shape index (κ3) is 4.69. The summed E-state index contributed by atoms with van der Waals surface area (Å²) in [6, 6.07) is 3.95. The summed E-state index contributed by atoms with van der Waals surface area (Å²) in [5.74, 6) is 0.921. The summed E-state index contributed by atoms with van der Waals surface area (Å²) in [4.78, 5) is 11.9. The molecule has 1 aromatic rings. The summed E-state index contributed by atoms with van der Waals surface area (Å²) in [6.07, 6.45) is 3.03. The van der Waals surface area contributed by atoms with Gasteiger partial charge in [0.15, 0.2) is 0 Å². The van der Waals surface area contributed by atoms with Gasteiger partial charge in [0.25, 0.3) is 0 Å². The third-order valence-electron chi connectivity index (χ3n) is 3.43. The van der Waals surface area contributed by atoms with E-state index in [4.69, 9.17) is 4.74 Å². The van der Waals surface area contributed by atoms with Crippen molar-refractivity contribution in [1.29, 1.82) is 0 Å². The highest BCUT2D eigenvalue weighted by molar-refractivity contribution is 9.11. The molecule has 21 heavy (non-hydrogen) atoms. The van der Waals surface area contributed by atoms with Gasteiger partial charge in [-0.05, 0) is 75.7 Å². The number of benzene rings is 1.